The van der Waals surface area contributed by atoms with Crippen LogP contribution in [0.15, 0.2) is 78.9 Å². The number of rotatable bonds is 4. The quantitative estimate of drug-likeness (QED) is 0.355. The Labute approximate surface area is 163 Å². The molecule has 28 heavy (non-hydrogen) atoms. The number of carbonyl (C=O) groups excluding carboxylic acids is 1. The van der Waals surface area contributed by atoms with Gasteiger partial charge in [0.2, 0.25) is 0 Å². The summed E-state index contributed by atoms with van der Waals surface area (Å²) in [4.78, 5) is 17.7. The van der Waals surface area contributed by atoms with Crippen molar-refractivity contribution in [3.63, 3.8) is 0 Å². The second-order valence-electron chi connectivity index (χ2n) is 6.46. The van der Waals surface area contributed by atoms with Gasteiger partial charge in [-0.05, 0) is 55.0 Å². The predicted octanol–water partition coefficient (Wildman–Crippen LogP) is 5.44. The molecule has 0 amide bonds. The van der Waals surface area contributed by atoms with Crippen LogP contribution >= 0.6 is 0 Å². The maximum absolute atomic E-state index is 13.0. The van der Waals surface area contributed by atoms with Gasteiger partial charge in [0.15, 0.2) is 0 Å². The minimum absolute atomic E-state index is 0.400. The summed E-state index contributed by atoms with van der Waals surface area (Å²) in [5.41, 5.74) is 3.74. The molecular weight excluding hydrogens is 350 g/mol. The minimum Gasteiger partial charge on any atom is -0.497 e. The summed E-state index contributed by atoms with van der Waals surface area (Å²) in [5, 5.41) is 0.762. The lowest BCUT2D eigenvalue weighted by Crippen LogP contribution is -2.10. The lowest BCUT2D eigenvalue weighted by Gasteiger charge is -2.11. The van der Waals surface area contributed by atoms with Gasteiger partial charge in [-0.2, -0.15) is 0 Å². The molecule has 0 unspecified atom stereocenters. The van der Waals surface area contributed by atoms with Gasteiger partial charge in [0.05, 0.1) is 23.9 Å². The molecule has 4 heteroatoms. The molecule has 1 aromatic heterocycles. The number of para-hydroxylation sites is 2. The number of benzene rings is 3. The maximum Gasteiger partial charge on any atom is 0.344 e. The largest absolute Gasteiger partial charge is 0.497 e. The third-order valence-corrected chi connectivity index (χ3v) is 4.62. The van der Waals surface area contributed by atoms with Crippen molar-refractivity contribution in [1.29, 1.82) is 0 Å². The van der Waals surface area contributed by atoms with Crippen molar-refractivity contribution in [1.82, 2.24) is 4.98 Å². The van der Waals surface area contributed by atoms with Crippen LogP contribution < -0.4 is 9.47 Å². The van der Waals surface area contributed by atoms with Gasteiger partial charge in [0.1, 0.15) is 11.5 Å². The molecule has 3 aromatic carbocycles. The van der Waals surface area contributed by atoms with Crippen LogP contribution in [0, 0.1) is 6.92 Å². The summed E-state index contributed by atoms with van der Waals surface area (Å²) >= 11 is 0. The Bertz CT molecular complexity index is 1150. The predicted molar refractivity (Wildman–Crippen MR) is 110 cm³/mol. The Morgan fingerprint density at radius 3 is 2.36 bits per heavy atom. The molecule has 4 aromatic rings. The molecule has 138 valence electrons. The van der Waals surface area contributed by atoms with Crippen LogP contribution in [0.25, 0.3) is 22.2 Å². The maximum atomic E-state index is 13.0. The monoisotopic (exact) mass is 369 g/mol. The van der Waals surface area contributed by atoms with Crippen molar-refractivity contribution in [3.05, 3.63) is 90.0 Å². The van der Waals surface area contributed by atoms with Gasteiger partial charge < -0.3 is 9.47 Å². The number of aromatic nitrogens is 1. The van der Waals surface area contributed by atoms with Crippen LogP contribution in [0.3, 0.4) is 0 Å². The number of hydrogen-bond donors (Lipinski definition) is 0. The van der Waals surface area contributed by atoms with Gasteiger partial charge in [-0.15, -0.1) is 0 Å². The first kappa shape index (κ1) is 17.7. The summed E-state index contributed by atoms with van der Waals surface area (Å²) in [6, 6.07) is 24.4. The van der Waals surface area contributed by atoms with Gasteiger partial charge in [-0.3, -0.25) is 0 Å². The first-order valence-electron chi connectivity index (χ1n) is 8.98. The van der Waals surface area contributed by atoms with Crippen LogP contribution in [-0.2, 0) is 0 Å². The van der Waals surface area contributed by atoms with E-state index in [1.54, 1.807) is 19.2 Å². The fourth-order valence-electron chi connectivity index (χ4n) is 3.08. The number of nitrogens with zero attached hydrogens (tertiary/aromatic N) is 1. The standard InChI is InChI=1S/C24H19NO3/c1-16-7-3-6-10-23(16)28-24(26)20-15-22(17-11-13-18(27-2)14-12-17)25-21-9-5-4-8-19(20)21/h3-15H,1-2H3. The summed E-state index contributed by atoms with van der Waals surface area (Å²) < 4.78 is 10.9. The fraction of sp³-hybridized carbons (Fsp3) is 0.0833. The first-order chi connectivity index (χ1) is 13.7. The lowest BCUT2D eigenvalue weighted by molar-refractivity contribution is 0.0735. The van der Waals surface area contributed by atoms with Crippen LogP contribution in [0.4, 0.5) is 0 Å². The Morgan fingerprint density at radius 1 is 0.893 bits per heavy atom. The fourth-order valence-corrected chi connectivity index (χ4v) is 3.08. The number of pyridine rings is 1. The molecule has 4 nitrogen and oxygen atoms in total. The first-order valence-corrected chi connectivity index (χ1v) is 8.98. The molecule has 1 heterocycles. The van der Waals surface area contributed by atoms with Gasteiger partial charge >= 0.3 is 5.97 Å². The molecule has 0 saturated carbocycles. The van der Waals surface area contributed by atoms with Crippen molar-refractivity contribution in [2.75, 3.05) is 7.11 Å². The molecule has 0 radical (unpaired) electrons. The molecule has 0 spiro atoms. The van der Waals surface area contributed by atoms with E-state index in [4.69, 9.17) is 14.5 Å². The highest BCUT2D eigenvalue weighted by atomic mass is 16.5. The Morgan fingerprint density at radius 2 is 1.61 bits per heavy atom. The molecule has 0 aliphatic carbocycles. The summed E-state index contributed by atoms with van der Waals surface area (Å²) in [5.74, 6) is 0.922. The number of methoxy groups -OCH3 is 1. The van der Waals surface area contributed by atoms with E-state index < -0.39 is 5.97 Å². The smallest absolute Gasteiger partial charge is 0.344 e. The molecule has 0 aliphatic rings. The third kappa shape index (κ3) is 3.45. The second kappa shape index (κ2) is 7.53. The third-order valence-electron chi connectivity index (χ3n) is 4.62. The summed E-state index contributed by atoms with van der Waals surface area (Å²) in [7, 11) is 1.63. The second-order valence-corrected chi connectivity index (χ2v) is 6.46. The van der Waals surface area contributed by atoms with E-state index in [-0.39, 0.29) is 0 Å². The SMILES string of the molecule is COc1ccc(-c2cc(C(=O)Oc3ccccc3C)c3ccccc3n2)cc1. The van der Waals surface area contributed by atoms with E-state index in [0.717, 1.165) is 27.8 Å². The Hall–Kier alpha value is -3.66. The zero-order chi connectivity index (χ0) is 19.5. The highest BCUT2D eigenvalue weighted by Crippen LogP contribution is 2.27. The van der Waals surface area contributed by atoms with Crippen molar-refractivity contribution in [3.8, 4) is 22.8 Å². The lowest BCUT2D eigenvalue weighted by atomic mass is 10.0. The molecule has 0 fully saturated rings. The molecule has 0 aliphatic heterocycles. The number of fused-ring (bicyclic) bond motifs is 1. The number of esters is 1. The van der Waals surface area contributed by atoms with E-state index in [1.807, 2.05) is 73.7 Å². The van der Waals surface area contributed by atoms with Gasteiger partial charge in [0, 0.05) is 10.9 Å². The van der Waals surface area contributed by atoms with Gasteiger partial charge in [-0.25, -0.2) is 9.78 Å². The number of carbonyl (C=O) groups is 1. The van der Waals surface area contributed by atoms with Crippen molar-refractivity contribution in [2.24, 2.45) is 0 Å². The zero-order valence-corrected chi connectivity index (χ0v) is 15.7. The summed E-state index contributed by atoms with van der Waals surface area (Å²) in [6.07, 6.45) is 0. The molecule has 0 saturated heterocycles. The number of hydrogen-bond acceptors (Lipinski definition) is 4. The van der Waals surface area contributed by atoms with Crippen LogP contribution in [0.1, 0.15) is 15.9 Å². The van der Waals surface area contributed by atoms with Crippen LogP contribution in [0.2, 0.25) is 0 Å². The molecule has 0 atom stereocenters. The Kier molecular flexibility index (Phi) is 4.77. The number of aryl methyl sites for hydroxylation is 1. The molecule has 4 rings (SSSR count). The average Bonchev–Trinajstić information content (AvgIpc) is 2.74. The highest BCUT2D eigenvalue weighted by molar-refractivity contribution is 6.05. The summed E-state index contributed by atoms with van der Waals surface area (Å²) in [6.45, 7) is 1.91. The van der Waals surface area contributed by atoms with E-state index in [9.17, 15) is 4.79 Å². The van der Waals surface area contributed by atoms with E-state index in [0.29, 0.717) is 17.0 Å². The van der Waals surface area contributed by atoms with Crippen molar-refractivity contribution in [2.45, 2.75) is 6.92 Å². The van der Waals surface area contributed by atoms with Crippen molar-refractivity contribution < 1.29 is 14.3 Å². The topological polar surface area (TPSA) is 48.4 Å². The normalized spacial score (nSPS) is 10.6. The Balaban J connectivity index is 1.80. The minimum atomic E-state index is -0.400. The molecular formula is C24H19NO3. The van der Waals surface area contributed by atoms with E-state index >= 15 is 0 Å². The van der Waals surface area contributed by atoms with Crippen molar-refractivity contribution >= 4 is 16.9 Å². The molecule has 0 bridgehead atoms. The van der Waals surface area contributed by atoms with Crippen LogP contribution in [0.5, 0.6) is 11.5 Å². The van der Waals surface area contributed by atoms with E-state index in [1.165, 1.54) is 0 Å². The average molecular weight is 369 g/mol. The highest BCUT2D eigenvalue weighted by Gasteiger charge is 2.16. The molecule has 0 N–H and O–H groups in total. The zero-order valence-electron chi connectivity index (χ0n) is 15.7. The van der Waals surface area contributed by atoms with E-state index in [2.05, 4.69) is 0 Å². The van der Waals surface area contributed by atoms with Crippen LogP contribution in [-0.4, -0.2) is 18.1 Å². The van der Waals surface area contributed by atoms with Gasteiger partial charge in [0.25, 0.3) is 0 Å². The van der Waals surface area contributed by atoms with Gasteiger partial charge in [-0.1, -0.05) is 36.4 Å². The number of ether oxygens (including phenoxy) is 2.